The van der Waals surface area contributed by atoms with Crippen LogP contribution in [0, 0.1) is 0 Å². The maximum atomic E-state index is 13.2. The summed E-state index contributed by atoms with van der Waals surface area (Å²) in [6.45, 7) is 7.08. The fraction of sp³-hybridized carbons (Fsp3) is 0.222. The SMILES string of the molecule is C=CCN(CC=C)C(=O)COc1c(Cl)c(C(F)(F)F)nn1-c1ccccc1. The normalized spacial score (nSPS) is 11.1. The summed E-state index contributed by atoms with van der Waals surface area (Å²) < 4.78 is 45.8. The van der Waals surface area contributed by atoms with Gasteiger partial charge in [-0.25, -0.2) is 0 Å². The van der Waals surface area contributed by atoms with E-state index in [0.717, 1.165) is 4.68 Å². The molecule has 0 aliphatic rings. The number of carbonyl (C=O) groups is 1. The van der Waals surface area contributed by atoms with Gasteiger partial charge in [-0.15, -0.1) is 13.2 Å². The molecule has 0 saturated heterocycles. The van der Waals surface area contributed by atoms with Gasteiger partial charge in [-0.1, -0.05) is 42.0 Å². The molecule has 0 unspecified atom stereocenters. The molecular formula is C18H17ClF3N3O2. The lowest BCUT2D eigenvalue weighted by Crippen LogP contribution is -2.35. The lowest BCUT2D eigenvalue weighted by Gasteiger charge is -2.19. The number of benzene rings is 1. The Morgan fingerprint density at radius 2 is 1.81 bits per heavy atom. The molecule has 0 bridgehead atoms. The van der Waals surface area contributed by atoms with Crippen LogP contribution in [0.15, 0.2) is 55.6 Å². The molecular weight excluding hydrogens is 383 g/mol. The summed E-state index contributed by atoms with van der Waals surface area (Å²) in [6.07, 6.45) is -1.73. The summed E-state index contributed by atoms with van der Waals surface area (Å²) in [4.78, 5) is 13.6. The first-order valence-corrected chi connectivity index (χ1v) is 8.20. The second-order valence-electron chi connectivity index (χ2n) is 5.38. The molecule has 9 heteroatoms. The van der Waals surface area contributed by atoms with E-state index < -0.39 is 29.4 Å². The molecule has 0 radical (unpaired) electrons. The molecule has 1 heterocycles. The van der Waals surface area contributed by atoms with Gasteiger partial charge in [0.25, 0.3) is 5.91 Å². The summed E-state index contributed by atoms with van der Waals surface area (Å²) in [5.74, 6) is -0.819. The number of hydrogen-bond acceptors (Lipinski definition) is 3. The van der Waals surface area contributed by atoms with Crippen molar-refractivity contribution in [3.63, 3.8) is 0 Å². The number of nitrogens with zero attached hydrogens (tertiary/aromatic N) is 3. The summed E-state index contributed by atoms with van der Waals surface area (Å²) >= 11 is 5.86. The number of rotatable bonds is 8. The first kappa shape index (κ1) is 20.6. The standard InChI is InChI=1S/C18H17ClF3N3O2/c1-3-10-24(11-4-2)14(26)12-27-17-15(19)16(18(20,21)22)23-25(17)13-8-6-5-7-9-13/h3-9H,1-2,10-12H2. The number of amides is 1. The van der Waals surface area contributed by atoms with Crippen molar-refractivity contribution in [2.45, 2.75) is 6.18 Å². The third-order valence-corrected chi connectivity index (χ3v) is 3.78. The van der Waals surface area contributed by atoms with E-state index in [4.69, 9.17) is 16.3 Å². The molecule has 0 spiro atoms. The van der Waals surface area contributed by atoms with Crippen molar-refractivity contribution in [1.82, 2.24) is 14.7 Å². The fourth-order valence-electron chi connectivity index (χ4n) is 2.24. The highest BCUT2D eigenvalue weighted by molar-refractivity contribution is 6.32. The molecule has 1 aromatic carbocycles. The predicted octanol–water partition coefficient (Wildman–Crippen LogP) is 4.12. The van der Waals surface area contributed by atoms with Crippen molar-refractivity contribution < 1.29 is 22.7 Å². The van der Waals surface area contributed by atoms with E-state index in [9.17, 15) is 18.0 Å². The highest BCUT2D eigenvalue weighted by atomic mass is 35.5. The molecule has 2 rings (SSSR count). The lowest BCUT2D eigenvalue weighted by molar-refractivity contribution is -0.141. The number of alkyl halides is 3. The molecule has 0 N–H and O–H groups in total. The quantitative estimate of drug-likeness (QED) is 0.627. The van der Waals surface area contributed by atoms with Crippen molar-refractivity contribution in [3.8, 4) is 11.6 Å². The van der Waals surface area contributed by atoms with Gasteiger partial charge in [-0.3, -0.25) is 4.79 Å². The van der Waals surface area contributed by atoms with E-state index in [1.807, 2.05) is 0 Å². The Morgan fingerprint density at radius 1 is 1.22 bits per heavy atom. The van der Waals surface area contributed by atoms with Gasteiger partial charge in [0.1, 0.15) is 5.02 Å². The van der Waals surface area contributed by atoms with Gasteiger partial charge in [-0.05, 0) is 12.1 Å². The number of hydrogen-bond donors (Lipinski definition) is 0. The van der Waals surface area contributed by atoms with E-state index in [1.165, 1.54) is 17.1 Å². The Labute approximate surface area is 159 Å². The van der Waals surface area contributed by atoms with E-state index >= 15 is 0 Å². The van der Waals surface area contributed by atoms with Gasteiger partial charge in [0.05, 0.1) is 5.69 Å². The smallest absolute Gasteiger partial charge is 0.436 e. The third kappa shape index (κ3) is 4.91. The summed E-state index contributed by atoms with van der Waals surface area (Å²) in [5, 5.41) is 2.81. The average molecular weight is 400 g/mol. The monoisotopic (exact) mass is 399 g/mol. The average Bonchev–Trinajstić information content (AvgIpc) is 2.97. The molecule has 0 fully saturated rings. The Hall–Kier alpha value is -2.74. The molecule has 0 aliphatic carbocycles. The number of para-hydroxylation sites is 1. The van der Waals surface area contributed by atoms with Crippen LogP contribution in [0.2, 0.25) is 5.02 Å². The zero-order valence-electron chi connectivity index (χ0n) is 14.2. The minimum atomic E-state index is -4.77. The van der Waals surface area contributed by atoms with Crippen LogP contribution >= 0.6 is 11.6 Å². The third-order valence-electron chi connectivity index (χ3n) is 3.44. The summed E-state index contributed by atoms with van der Waals surface area (Å²) in [5.41, 5.74) is -0.976. The molecule has 2 aromatic rings. The Bertz CT molecular complexity index is 809. The van der Waals surface area contributed by atoms with Gasteiger partial charge in [0, 0.05) is 13.1 Å². The van der Waals surface area contributed by atoms with Crippen molar-refractivity contribution in [2.24, 2.45) is 0 Å². The van der Waals surface area contributed by atoms with Crippen LogP contribution < -0.4 is 4.74 Å². The Kier molecular flexibility index (Phi) is 6.68. The van der Waals surface area contributed by atoms with Crippen LogP contribution in [0.25, 0.3) is 5.69 Å². The van der Waals surface area contributed by atoms with Gasteiger partial charge >= 0.3 is 6.18 Å². The largest absolute Gasteiger partial charge is 0.466 e. The highest BCUT2D eigenvalue weighted by Crippen LogP contribution is 2.40. The van der Waals surface area contributed by atoms with E-state index in [0.29, 0.717) is 5.69 Å². The first-order valence-electron chi connectivity index (χ1n) is 7.83. The number of ether oxygens (including phenoxy) is 1. The molecule has 1 amide bonds. The van der Waals surface area contributed by atoms with Crippen LogP contribution in [0.1, 0.15) is 5.69 Å². The Morgan fingerprint density at radius 3 is 2.33 bits per heavy atom. The van der Waals surface area contributed by atoms with Crippen LogP contribution in [-0.2, 0) is 11.0 Å². The van der Waals surface area contributed by atoms with E-state index in [2.05, 4.69) is 18.3 Å². The van der Waals surface area contributed by atoms with Crippen molar-refractivity contribution in [3.05, 3.63) is 66.4 Å². The molecule has 5 nitrogen and oxygen atoms in total. The molecule has 144 valence electrons. The van der Waals surface area contributed by atoms with Crippen LogP contribution in [0.5, 0.6) is 5.88 Å². The van der Waals surface area contributed by atoms with Crippen LogP contribution in [0.4, 0.5) is 13.2 Å². The zero-order chi connectivity index (χ0) is 20.0. The highest BCUT2D eigenvalue weighted by Gasteiger charge is 2.40. The molecule has 0 saturated carbocycles. The van der Waals surface area contributed by atoms with E-state index in [1.54, 1.807) is 30.3 Å². The minimum Gasteiger partial charge on any atom is -0.466 e. The van der Waals surface area contributed by atoms with Crippen LogP contribution in [-0.4, -0.2) is 40.3 Å². The van der Waals surface area contributed by atoms with Crippen molar-refractivity contribution in [2.75, 3.05) is 19.7 Å². The van der Waals surface area contributed by atoms with Gasteiger partial charge in [0.15, 0.2) is 12.3 Å². The first-order chi connectivity index (χ1) is 12.8. The Balaban J connectivity index is 2.34. The maximum Gasteiger partial charge on any atom is 0.436 e. The second-order valence-corrected chi connectivity index (χ2v) is 5.76. The summed E-state index contributed by atoms with van der Waals surface area (Å²) in [7, 11) is 0. The van der Waals surface area contributed by atoms with Crippen molar-refractivity contribution >= 4 is 17.5 Å². The zero-order valence-corrected chi connectivity index (χ0v) is 15.0. The second kappa shape index (κ2) is 8.77. The molecule has 1 aromatic heterocycles. The lowest BCUT2D eigenvalue weighted by atomic mass is 10.3. The number of halogens is 4. The van der Waals surface area contributed by atoms with Gasteiger partial charge < -0.3 is 9.64 Å². The predicted molar refractivity (Wildman–Crippen MR) is 96.0 cm³/mol. The van der Waals surface area contributed by atoms with E-state index in [-0.39, 0.29) is 19.0 Å². The molecule has 0 aliphatic heterocycles. The van der Waals surface area contributed by atoms with Crippen LogP contribution in [0.3, 0.4) is 0 Å². The minimum absolute atomic E-state index is 0.244. The number of aromatic nitrogens is 2. The maximum absolute atomic E-state index is 13.2. The van der Waals surface area contributed by atoms with Gasteiger partial charge in [-0.2, -0.15) is 23.0 Å². The molecule has 27 heavy (non-hydrogen) atoms. The molecule has 0 atom stereocenters. The van der Waals surface area contributed by atoms with Crippen molar-refractivity contribution in [1.29, 1.82) is 0 Å². The topological polar surface area (TPSA) is 47.4 Å². The van der Waals surface area contributed by atoms with Gasteiger partial charge in [0.2, 0.25) is 5.88 Å². The fourth-order valence-corrected chi connectivity index (χ4v) is 2.52. The number of carbonyl (C=O) groups excluding carboxylic acids is 1. The summed E-state index contributed by atoms with van der Waals surface area (Å²) in [6, 6.07) is 8.04.